The fourth-order valence-corrected chi connectivity index (χ4v) is 1.71. The molecule has 0 unspecified atom stereocenters. The van der Waals surface area contributed by atoms with Crippen molar-refractivity contribution in [3.8, 4) is 0 Å². The van der Waals surface area contributed by atoms with Crippen LogP contribution in [0.4, 0.5) is 0 Å². The molecule has 1 N–H and O–H groups in total. The Morgan fingerprint density at radius 1 is 1.33 bits per heavy atom. The fraction of sp³-hybridized carbons (Fsp3) is 0.500. The third-order valence-electron chi connectivity index (χ3n) is 2.69. The lowest BCUT2D eigenvalue weighted by molar-refractivity contribution is -0.0760. The molecule has 1 aromatic heterocycles. The van der Waals surface area contributed by atoms with Crippen molar-refractivity contribution < 1.29 is 19.2 Å². The first-order valence-electron chi connectivity index (χ1n) is 5.62. The number of hydroxylamine groups is 2. The highest BCUT2D eigenvalue weighted by atomic mass is 16.7. The summed E-state index contributed by atoms with van der Waals surface area (Å²) in [4.78, 5) is 31.4. The first-order chi connectivity index (χ1) is 8.43. The number of aryl methyl sites for hydroxylation is 1. The molecule has 0 atom stereocenters. The van der Waals surface area contributed by atoms with Gasteiger partial charge in [-0.3, -0.25) is 9.63 Å². The molecule has 0 radical (unpaired) electrons. The highest BCUT2D eigenvalue weighted by Crippen LogP contribution is 2.20. The molecule has 1 amide bonds. The van der Waals surface area contributed by atoms with Crippen LogP contribution in [-0.2, 0) is 9.57 Å². The van der Waals surface area contributed by atoms with Crippen LogP contribution in [0.3, 0.4) is 0 Å². The maximum absolute atomic E-state index is 12.0. The Balaban J connectivity index is 3.15. The Hall–Kier alpha value is -1.82. The van der Waals surface area contributed by atoms with E-state index in [2.05, 4.69) is 4.98 Å². The van der Waals surface area contributed by atoms with Crippen LogP contribution in [-0.4, -0.2) is 42.7 Å². The zero-order chi connectivity index (χ0) is 13.9. The molecule has 1 heterocycles. The first-order valence-corrected chi connectivity index (χ1v) is 5.62. The Kier molecular flexibility index (Phi) is 4.49. The van der Waals surface area contributed by atoms with Gasteiger partial charge in [-0.1, -0.05) is 0 Å². The van der Waals surface area contributed by atoms with E-state index in [4.69, 9.17) is 9.57 Å². The number of amides is 1. The van der Waals surface area contributed by atoms with Crippen molar-refractivity contribution in [3.63, 3.8) is 0 Å². The molecule has 6 nitrogen and oxygen atoms in total. The van der Waals surface area contributed by atoms with Crippen LogP contribution in [0.2, 0.25) is 0 Å². The molecule has 0 aromatic carbocycles. The van der Waals surface area contributed by atoms with E-state index >= 15 is 0 Å². The van der Waals surface area contributed by atoms with E-state index in [1.807, 2.05) is 0 Å². The van der Waals surface area contributed by atoms with Crippen LogP contribution in [0.25, 0.3) is 0 Å². The number of H-pyrrole nitrogens is 1. The van der Waals surface area contributed by atoms with Gasteiger partial charge >= 0.3 is 5.97 Å². The third-order valence-corrected chi connectivity index (χ3v) is 2.69. The van der Waals surface area contributed by atoms with Crippen LogP contribution < -0.4 is 0 Å². The molecule has 1 rings (SSSR count). The molecule has 0 spiro atoms. The van der Waals surface area contributed by atoms with Gasteiger partial charge in [-0.25, -0.2) is 9.86 Å². The predicted molar refractivity (Wildman–Crippen MR) is 65.3 cm³/mol. The van der Waals surface area contributed by atoms with Gasteiger partial charge in [0, 0.05) is 12.7 Å². The molecule has 18 heavy (non-hydrogen) atoms. The number of nitrogens with zero attached hydrogens (tertiary/aromatic N) is 1. The molecule has 6 heteroatoms. The normalized spacial score (nSPS) is 10.3. The van der Waals surface area contributed by atoms with E-state index in [9.17, 15) is 9.59 Å². The molecule has 0 aliphatic heterocycles. The Bertz CT molecular complexity index is 465. The van der Waals surface area contributed by atoms with E-state index in [1.165, 1.54) is 14.2 Å². The Labute approximate surface area is 106 Å². The second kappa shape index (κ2) is 5.68. The van der Waals surface area contributed by atoms with Gasteiger partial charge in [-0.2, -0.15) is 0 Å². The van der Waals surface area contributed by atoms with Gasteiger partial charge in [-0.15, -0.1) is 0 Å². The van der Waals surface area contributed by atoms with Crippen molar-refractivity contribution in [3.05, 3.63) is 22.5 Å². The van der Waals surface area contributed by atoms with Crippen molar-refractivity contribution in [2.75, 3.05) is 20.8 Å². The van der Waals surface area contributed by atoms with Crippen molar-refractivity contribution in [1.29, 1.82) is 0 Å². The van der Waals surface area contributed by atoms with E-state index in [0.29, 0.717) is 29.1 Å². The SMILES string of the molecule is CCOC(=O)c1c(C)[nH]c(C(=O)N(C)OC)c1C. The maximum atomic E-state index is 12.0. The maximum Gasteiger partial charge on any atom is 0.340 e. The minimum absolute atomic E-state index is 0.296. The highest BCUT2D eigenvalue weighted by molar-refractivity contribution is 6.00. The van der Waals surface area contributed by atoms with Gasteiger partial charge < -0.3 is 9.72 Å². The molecule has 0 aliphatic rings. The van der Waals surface area contributed by atoms with Crippen molar-refractivity contribution in [2.45, 2.75) is 20.8 Å². The predicted octanol–water partition coefficient (Wildman–Crippen LogP) is 1.44. The smallest absolute Gasteiger partial charge is 0.340 e. The van der Waals surface area contributed by atoms with Crippen LogP contribution >= 0.6 is 0 Å². The lowest BCUT2D eigenvalue weighted by Gasteiger charge is -2.12. The number of hydrogen-bond acceptors (Lipinski definition) is 4. The number of hydrogen-bond donors (Lipinski definition) is 1. The number of aromatic nitrogens is 1. The Morgan fingerprint density at radius 2 is 1.94 bits per heavy atom. The number of rotatable bonds is 4. The number of aromatic amines is 1. The number of carbonyl (C=O) groups excluding carboxylic acids is 2. The molecule has 0 saturated heterocycles. The lowest BCUT2D eigenvalue weighted by Crippen LogP contribution is -2.26. The molecular formula is C12H18N2O4. The summed E-state index contributed by atoms with van der Waals surface area (Å²) in [5, 5.41) is 1.09. The third kappa shape index (κ3) is 2.53. The Morgan fingerprint density at radius 3 is 2.44 bits per heavy atom. The zero-order valence-electron chi connectivity index (χ0n) is 11.3. The zero-order valence-corrected chi connectivity index (χ0v) is 11.3. The van der Waals surface area contributed by atoms with Gasteiger partial charge in [0.15, 0.2) is 0 Å². The largest absolute Gasteiger partial charge is 0.462 e. The second-order valence-corrected chi connectivity index (χ2v) is 3.83. The van der Waals surface area contributed by atoms with Gasteiger partial charge in [-0.05, 0) is 26.3 Å². The number of carbonyl (C=O) groups is 2. The first kappa shape index (κ1) is 14.2. The number of esters is 1. The molecule has 0 fully saturated rings. The van der Waals surface area contributed by atoms with Crippen LogP contribution in [0.5, 0.6) is 0 Å². The summed E-state index contributed by atoms with van der Waals surface area (Å²) in [6, 6.07) is 0. The van der Waals surface area contributed by atoms with Gasteiger partial charge in [0.05, 0.1) is 19.3 Å². The van der Waals surface area contributed by atoms with Crippen molar-refractivity contribution >= 4 is 11.9 Å². The standard InChI is InChI=1S/C12H18N2O4/c1-6-18-12(16)9-7(2)10(13-8(9)3)11(15)14(4)17-5/h13H,6H2,1-5H3. The molecule has 1 aromatic rings. The van der Waals surface area contributed by atoms with E-state index in [0.717, 1.165) is 5.06 Å². The number of nitrogens with one attached hydrogen (secondary N) is 1. The molecule has 0 saturated carbocycles. The van der Waals surface area contributed by atoms with Gasteiger partial charge in [0.2, 0.25) is 0 Å². The summed E-state index contributed by atoms with van der Waals surface area (Å²) in [6.07, 6.45) is 0. The summed E-state index contributed by atoms with van der Waals surface area (Å²) >= 11 is 0. The molecular weight excluding hydrogens is 236 g/mol. The summed E-state index contributed by atoms with van der Waals surface area (Å²) in [7, 11) is 2.90. The van der Waals surface area contributed by atoms with E-state index < -0.39 is 5.97 Å². The quantitative estimate of drug-likeness (QED) is 0.652. The lowest BCUT2D eigenvalue weighted by atomic mass is 10.1. The minimum atomic E-state index is -0.428. The molecule has 0 bridgehead atoms. The molecule has 0 aliphatic carbocycles. The van der Waals surface area contributed by atoms with Crippen molar-refractivity contribution in [1.82, 2.24) is 10.0 Å². The van der Waals surface area contributed by atoms with Crippen LogP contribution in [0.15, 0.2) is 0 Å². The average Bonchev–Trinajstić information content (AvgIpc) is 2.63. The number of ether oxygens (including phenoxy) is 1. The van der Waals surface area contributed by atoms with Crippen LogP contribution in [0.1, 0.15) is 39.0 Å². The monoisotopic (exact) mass is 254 g/mol. The van der Waals surface area contributed by atoms with E-state index in [-0.39, 0.29) is 5.91 Å². The van der Waals surface area contributed by atoms with Crippen molar-refractivity contribution in [2.24, 2.45) is 0 Å². The summed E-state index contributed by atoms with van der Waals surface area (Å²) in [5.41, 5.74) is 1.92. The summed E-state index contributed by atoms with van der Waals surface area (Å²) in [6.45, 7) is 5.46. The van der Waals surface area contributed by atoms with Crippen LogP contribution in [0, 0.1) is 13.8 Å². The average molecular weight is 254 g/mol. The highest BCUT2D eigenvalue weighted by Gasteiger charge is 2.24. The fourth-order valence-electron chi connectivity index (χ4n) is 1.71. The molecule has 100 valence electrons. The second-order valence-electron chi connectivity index (χ2n) is 3.83. The van der Waals surface area contributed by atoms with Gasteiger partial charge in [0.1, 0.15) is 5.69 Å². The summed E-state index contributed by atoms with van der Waals surface area (Å²) in [5.74, 6) is -0.767. The minimum Gasteiger partial charge on any atom is -0.462 e. The van der Waals surface area contributed by atoms with E-state index in [1.54, 1.807) is 20.8 Å². The van der Waals surface area contributed by atoms with Gasteiger partial charge in [0.25, 0.3) is 5.91 Å². The topological polar surface area (TPSA) is 71.6 Å². The summed E-state index contributed by atoms with van der Waals surface area (Å²) < 4.78 is 4.95.